The van der Waals surface area contributed by atoms with Gasteiger partial charge in [0.25, 0.3) is 0 Å². The van der Waals surface area contributed by atoms with Crippen molar-refractivity contribution in [1.29, 1.82) is 0 Å². The van der Waals surface area contributed by atoms with E-state index in [-0.39, 0.29) is 23.4 Å². The van der Waals surface area contributed by atoms with Crippen molar-refractivity contribution >= 4 is 17.7 Å². The molecular formula is C17H24N4O2S. The highest BCUT2D eigenvalue weighted by atomic mass is 32.2. The summed E-state index contributed by atoms with van der Waals surface area (Å²) in [6.45, 7) is 6.64. The number of hydrogen-bond acceptors (Lipinski definition) is 4. The lowest BCUT2D eigenvalue weighted by Crippen LogP contribution is -2.37. The molecule has 1 aromatic heterocycles. The monoisotopic (exact) mass is 348 g/mol. The van der Waals surface area contributed by atoms with Gasteiger partial charge in [0.15, 0.2) is 5.16 Å². The van der Waals surface area contributed by atoms with Crippen molar-refractivity contribution < 1.29 is 4.79 Å². The first-order valence-electron chi connectivity index (χ1n) is 8.08. The largest absolute Gasteiger partial charge is 0.353 e. The molecule has 130 valence electrons. The van der Waals surface area contributed by atoms with Crippen LogP contribution in [0, 0.1) is 5.92 Å². The molecule has 6 nitrogen and oxygen atoms in total. The third-order valence-electron chi connectivity index (χ3n) is 3.91. The molecule has 7 heteroatoms. The number of amides is 1. The van der Waals surface area contributed by atoms with Crippen LogP contribution in [0.4, 0.5) is 0 Å². The number of aryl methyl sites for hydroxylation is 1. The molecule has 0 aliphatic rings. The summed E-state index contributed by atoms with van der Waals surface area (Å²) in [5.74, 6) is 0.576. The Hall–Kier alpha value is -2.02. The summed E-state index contributed by atoms with van der Waals surface area (Å²) in [5.41, 5.74) is 0.912. The Morgan fingerprint density at radius 2 is 2.00 bits per heavy atom. The van der Waals surface area contributed by atoms with Crippen LogP contribution in [0.25, 0.3) is 0 Å². The molecule has 1 heterocycles. The number of aromatic amines is 1. The molecule has 0 saturated carbocycles. The Labute approximate surface area is 146 Å². The molecular weight excluding hydrogens is 324 g/mol. The minimum Gasteiger partial charge on any atom is -0.353 e. The smallest absolute Gasteiger partial charge is 0.343 e. The van der Waals surface area contributed by atoms with Crippen LogP contribution >= 0.6 is 11.8 Å². The number of aromatic nitrogens is 3. The predicted molar refractivity (Wildman–Crippen MR) is 96.2 cm³/mol. The maximum atomic E-state index is 12.0. The van der Waals surface area contributed by atoms with Gasteiger partial charge in [-0.3, -0.25) is 9.36 Å². The van der Waals surface area contributed by atoms with E-state index in [1.165, 1.54) is 11.8 Å². The molecule has 2 N–H and O–H groups in total. The number of hydrogen-bond donors (Lipinski definition) is 2. The normalized spacial score (nSPS) is 12.3. The van der Waals surface area contributed by atoms with E-state index in [1.807, 2.05) is 37.3 Å². The summed E-state index contributed by atoms with van der Waals surface area (Å²) in [6.07, 6.45) is 0.740. The standard InChI is InChI=1S/C17H24N4O2S/c1-12(2)13(3)18-15(22)11-24-17-20-19-16(23)21(17)10-9-14-7-5-4-6-8-14/h4-8,12-13H,9-11H2,1-3H3,(H,18,22)(H,19,23)/t13-/m0/s1. The number of carbonyl (C=O) groups is 1. The van der Waals surface area contributed by atoms with Crippen LogP contribution in [0.3, 0.4) is 0 Å². The maximum absolute atomic E-state index is 12.0. The molecule has 24 heavy (non-hydrogen) atoms. The third kappa shape index (κ3) is 5.26. The average molecular weight is 348 g/mol. The Balaban J connectivity index is 1.92. The van der Waals surface area contributed by atoms with Gasteiger partial charge in [-0.1, -0.05) is 55.9 Å². The predicted octanol–water partition coefficient (Wildman–Crippen LogP) is 2.07. The van der Waals surface area contributed by atoms with Crippen LogP contribution < -0.4 is 11.0 Å². The Morgan fingerprint density at radius 3 is 2.67 bits per heavy atom. The number of carbonyl (C=O) groups excluding carboxylic acids is 1. The van der Waals surface area contributed by atoms with E-state index in [0.29, 0.717) is 17.6 Å². The van der Waals surface area contributed by atoms with Crippen LogP contribution in [0.15, 0.2) is 40.3 Å². The third-order valence-corrected chi connectivity index (χ3v) is 4.89. The zero-order valence-corrected chi connectivity index (χ0v) is 15.1. The Morgan fingerprint density at radius 1 is 1.29 bits per heavy atom. The summed E-state index contributed by atoms with van der Waals surface area (Å²) in [5, 5.41) is 9.98. The minimum absolute atomic E-state index is 0.0498. The lowest BCUT2D eigenvalue weighted by Gasteiger charge is -2.17. The van der Waals surface area contributed by atoms with Crippen LogP contribution in [0.1, 0.15) is 26.3 Å². The second kappa shape index (κ2) is 8.73. The molecule has 0 unspecified atom stereocenters. The second-order valence-corrected chi connectivity index (χ2v) is 7.03. The highest BCUT2D eigenvalue weighted by Gasteiger charge is 2.14. The molecule has 0 bridgehead atoms. The van der Waals surface area contributed by atoms with Gasteiger partial charge in [-0.2, -0.15) is 0 Å². The summed E-state index contributed by atoms with van der Waals surface area (Å²) in [7, 11) is 0. The first kappa shape index (κ1) is 18.3. The van der Waals surface area contributed by atoms with Crippen molar-refractivity contribution in [2.75, 3.05) is 5.75 Å². The van der Waals surface area contributed by atoms with Crippen LogP contribution in [-0.4, -0.2) is 32.5 Å². The zero-order valence-electron chi connectivity index (χ0n) is 14.3. The van der Waals surface area contributed by atoms with Gasteiger partial charge in [0.05, 0.1) is 5.75 Å². The van der Waals surface area contributed by atoms with Crippen molar-refractivity contribution in [1.82, 2.24) is 20.1 Å². The number of nitrogens with one attached hydrogen (secondary N) is 2. The molecule has 0 spiro atoms. The van der Waals surface area contributed by atoms with E-state index in [2.05, 4.69) is 29.4 Å². The highest BCUT2D eigenvalue weighted by molar-refractivity contribution is 7.99. The molecule has 0 aliphatic carbocycles. The van der Waals surface area contributed by atoms with E-state index in [4.69, 9.17) is 0 Å². The van der Waals surface area contributed by atoms with Gasteiger partial charge in [0, 0.05) is 12.6 Å². The first-order chi connectivity index (χ1) is 11.5. The van der Waals surface area contributed by atoms with Gasteiger partial charge in [-0.25, -0.2) is 9.89 Å². The topological polar surface area (TPSA) is 79.8 Å². The first-order valence-corrected chi connectivity index (χ1v) is 9.07. The average Bonchev–Trinajstić information content (AvgIpc) is 2.92. The van der Waals surface area contributed by atoms with Crippen LogP contribution in [-0.2, 0) is 17.8 Å². The number of H-pyrrole nitrogens is 1. The molecule has 1 atom stereocenters. The molecule has 0 saturated heterocycles. The summed E-state index contributed by atoms with van der Waals surface area (Å²) < 4.78 is 1.58. The van der Waals surface area contributed by atoms with Crippen molar-refractivity contribution in [2.45, 2.75) is 44.9 Å². The van der Waals surface area contributed by atoms with E-state index < -0.39 is 0 Å². The molecule has 1 amide bonds. The van der Waals surface area contributed by atoms with Crippen molar-refractivity contribution in [3.63, 3.8) is 0 Å². The van der Waals surface area contributed by atoms with Gasteiger partial charge >= 0.3 is 5.69 Å². The SMILES string of the molecule is CC(C)[C@H](C)NC(=O)CSc1n[nH]c(=O)n1CCc1ccccc1. The molecule has 0 aliphatic heterocycles. The van der Waals surface area contributed by atoms with E-state index in [0.717, 1.165) is 12.0 Å². The van der Waals surface area contributed by atoms with Crippen LogP contribution in [0.5, 0.6) is 0 Å². The van der Waals surface area contributed by atoms with Gasteiger partial charge in [0.1, 0.15) is 0 Å². The fourth-order valence-electron chi connectivity index (χ4n) is 2.09. The molecule has 2 aromatic rings. The lowest BCUT2D eigenvalue weighted by molar-refractivity contribution is -0.119. The van der Waals surface area contributed by atoms with E-state index >= 15 is 0 Å². The van der Waals surface area contributed by atoms with E-state index in [9.17, 15) is 9.59 Å². The van der Waals surface area contributed by atoms with Gasteiger partial charge < -0.3 is 5.32 Å². The number of rotatable bonds is 8. The molecule has 0 radical (unpaired) electrons. The highest BCUT2D eigenvalue weighted by Crippen LogP contribution is 2.14. The number of thioether (sulfide) groups is 1. The van der Waals surface area contributed by atoms with Gasteiger partial charge in [-0.15, -0.1) is 5.10 Å². The van der Waals surface area contributed by atoms with Crippen LogP contribution in [0.2, 0.25) is 0 Å². The van der Waals surface area contributed by atoms with Crippen molar-refractivity contribution in [3.05, 3.63) is 46.4 Å². The van der Waals surface area contributed by atoms with Crippen molar-refractivity contribution in [3.8, 4) is 0 Å². The minimum atomic E-state index is -0.246. The zero-order chi connectivity index (χ0) is 17.5. The molecule has 1 aromatic carbocycles. The summed E-state index contributed by atoms with van der Waals surface area (Å²) >= 11 is 1.27. The van der Waals surface area contributed by atoms with Gasteiger partial charge in [-0.05, 0) is 24.8 Å². The fourth-order valence-corrected chi connectivity index (χ4v) is 2.87. The number of nitrogens with zero attached hydrogens (tertiary/aromatic N) is 2. The molecule has 0 fully saturated rings. The quantitative estimate of drug-likeness (QED) is 0.716. The Kier molecular flexibility index (Phi) is 6.66. The summed E-state index contributed by atoms with van der Waals surface area (Å²) in [6, 6.07) is 10.1. The Bertz CT molecular complexity index is 709. The van der Waals surface area contributed by atoms with Crippen molar-refractivity contribution in [2.24, 2.45) is 5.92 Å². The van der Waals surface area contributed by atoms with E-state index in [1.54, 1.807) is 4.57 Å². The lowest BCUT2D eigenvalue weighted by atomic mass is 10.1. The summed E-state index contributed by atoms with van der Waals surface area (Å²) in [4.78, 5) is 23.9. The maximum Gasteiger partial charge on any atom is 0.343 e. The van der Waals surface area contributed by atoms with Gasteiger partial charge in [0.2, 0.25) is 5.91 Å². The fraction of sp³-hybridized carbons (Fsp3) is 0.471. The molecule has 2 rings (SSSR count). The second-order valence-electron chi connectivity index (χ2n) is 6.09. The number of benzene rings is 1.